The summed E-state index contributed by atoms with van der Waals surface area (Å²) < 4.78 is 10.4. The molecule has 1 aromatic rings. The first kappa shape index (κ1) is 20.2. The van der Waals surface area contributed by atoms with Gasteiger partial charge < -0.3 is 25.8 Å². The highest BCUT2D eigenvalue weighted by molar-refractivity contribution is 6.32. The molecule has 1 aromatic carbocycles. The maximum absolute atomic E-state index is 12.0. The quantitative estimate of drug-likeness (QED) is 0.517. The van der Waals surface area contributed by atoms with Crippen LogP contribution in [0.5, 0.6) is 5.75 Å². The summed E-state index contributed by atoms with van der Waals surface area (Å²) in [6, 6.07) is 5.16. The molecule has 0 heterocycles. The van der Waals surface area contributed by atoms with Gasteiger partial charge in [-0.05, 0) is 57.7 Å². The fourth-order valence-electron chi connectivity index (χ4n) is 2.40. The average molecular weight is 383 g/mol. The van der Waals surface area contributed by atoms with Gasteiger partial charge in [0.05, 0.1) is 24.7 Å². The molecule has 1 aliphatic carbocycles. The van der Waals surface area contributed by atoms with E-state index in [-0.39, 0.29) is 12.0 Å². The van der Waals surface area contributed by atoms with Gasteiger partial charge in [-0.25, -0.2) is 4.79 Å². The highest BCUT2D eigenvalue weighted by atomic mass is 35.5. The number of nitrogens with one attached hydrogen (secondary N) is 2. The zero-order valence-corrected chi connectivity index (χ0v) is 16.4. The van der Waals surface area contributed by atoms with E-state index >= 15 is 0 Å². The van der Waals surface area contributed by atoms with E-state index in [1.165, 1.54) is 0 Å². The number of hydrogen-bond acceptors (Lipinski definition) is 4. The molecule has 26 heavy (non-hydrogen) atoms. The molecule has 4 N–H and O–H groups in total. The molecule has 0 spiro atoms. The van der Waals surface area contributed by atoms with E-state index < -0.39 is 11.7 Å². The number of rotatable bonds is 6. The highest BCUT2D eigenvalue weighted by Gasteiger charge is 2.33. The molecule has 1 aliphatic rings. The monoisotopic (exact) mass is 382 g/mol. The van der Waals surface area contributed by atoms with Crippen molar-refractivity contribution in [1.82, 2.24) is 5.32 Å². The Morgan fingerprint density at radius 1 is 1.42 bits per heavy atom. The zero-order valence-electron chi connectivity index (χ0n) is 15.6. The molecular formula is C18H27ClN4O3. The third-order valence-electron chi connectivity index (χ3n) is 3.78. The molecule has 0 aromatic heterocycles. The van der Waals surface area contributed by atoms with Crippen molar-refractivity contribution in [2.24, 2.45) is 16.6 Å². The molecule has 144 valence electrons. The number of halogens is 1. The maximum Gasteiger partial charge on any atom is 0.407 e. The number of amides is 1. The lowest BCUT2D eigenvalue weighted by Crippen LogP contribution is -2.42. The van der Waals surface area contributed by atoms with Crippen molar-refractivity contribution in [2.45, 2.75) is 45.3 Å². The van der Waals surface area contributed by atoms with Crippen molar-refractivity contribution in [3.63, 3.8) is 0 Å². The second-order valence-corrected chi connectivity index (χ2v) is 7.70. The predicted octanol–water partition coefficient (Wildman–Crippen LogP) is 3.38. The molecule has 1 amide bonds. The standard InChI is InChI=1S/C18H27ClN4O3/c1-18(2,3)26-17(24)23-14(11-5-6-11)10-21-16(20)22-12-7-8-15(25-4)13(19)9-12/h7-9,11,14H,5-6,10H2,1-4H3,(H,23,24)(H3,20,21,22). The van der Waals surface area contributed by atoms with Gasteiger partial charge in [-0.3, -0.25) is 4.99 Å². The number of benzene rings is 1. The Labute approximate surface area is 159 Å². The predicted molar refractivity (Wildman–Crippen MR) is 104 cm³/mol. The summed E-state index contributed by atoms with van der Waals surface area (Å²) in [5, 5.41) is 6.35. The van der Waals surface area contributed by atoms with Gasteiger partial charge in [-0.15, -0.1) is 0 Å². The first-order chi connectivity index (χ1) is 12.2. The normalized spacial score (nSPS) is 16.0. The first-order valence-electron chi connectivity index (χ1n) is 8.58. The lowest BCUT2D eigenvalue weighted by atomic mass is 10.2. The van der Waals surface area contributed by atoms with E-state index in [1.54, 1.807) is 25.3 Å². The van der Waals surface area contributed by atoms with Crippen molar-refractivity contribution in [2.75, 3.05) is 19.0 Å². The second kappa shape index (κ2) is 8.49. The first-order valence-corrected chi connectivity index (χ1v) is 8.95. The lowest BCUT2D eigenvalue weighted by molar-refractivity contribution is 0.0500. The van der Waals surface area contributed by atoms with Gasteiger partial charge in [0.25, 0.3) is 0 Å². The van der Waals surface area contributed by atoms with Gasteiger partial charge in [0.15, 0.2) is 5.96 Å². The van der Waals surface area contributed by atoms with E-state index in [4.69, 9.17) is 26.8 Å². The van der Waals surface area contributed by atoms with E-state index in [0.717, 1.165) is 12.8 Å². The number of anilines is 1. The smallest absolute Gasteiger partial charge is 0.407 e. The minimum Gasteiger partial charge on any atom is -0.495 e. The minimum absolute atomic E-state index is 0.0929. The van der Waals surface area contributed by atoms with Crippen LogP contribution in [0.25, 0.3) is 0 Å². The third-order valence-corrected chi connectivity index (χ3v) is 4.07. The Morgan fingerprint density at radius 2 is 2.12 bits per heavy atom. The molecule has 1 unspecified atom stereocenters. The lowest BCUT2D eigenvalue weighted by Gasteiger charge is -2.23. The molecule has 1 saturated carbocycles. The van der Waals surface area contributed by atoms with Crippen LogP contribution in [0.3, 0.4) is 0 Å². The number of nitrogens with two attached hydrogens (primary N) is 1. The van der Waals surface area contributed by atoms with Crippen molar-refractivity contribution in [3.8, 4) is 5.75 Å². The van der Waals surface area contributed by atoms with Crippen molar-refractivity contribution < 1.29 is 14.3 Å². The summed E-state index contributed by atoms with van der Waals surface area (Å²) in [5.41, 5.74) is 6.12. The minimum atomic E-state index is -0.532. The average Bonchev–Trinajstić information content (AvgIpc) is 3.34. The van der Waals surface area contributed by atoms with Gasteiger partial charge in [0.1, 0.15) is 11.4 Å². The van der Waals surface area contributed by atoms with Crippen LogP contribution >= 0.6 is 11.6 Å². The highest BCUT2D eigenvalue weighted by Crippen LogP contribution is 2.33. The number of hydrogen-bond donors (Lipinski definition) is 3. The number of guanidine groups is 1. The number of carbonyl (C=O) groups excluding carboxylic acids is 1. The maximum atomic E-state index is 12.0. The Morgan fingerprint density at radius 3 is 2.65 bits per heavy atom. The summed E-state index contributed by atoms with van der Waals surface area (Å²) >= 11 is 6.09. The van der Waals surface area contributed by atoms with E-state index in [0.29, 0.717) is 28.9 Å². The number of ether oxygens (including phenoxy) is 2. The summed E-state index contributed by atoms with van der Waals surface area (Å²) in [7, 11) is 1.56. The van der Waals surface area contributed by atoms with Crippen LogP contribution in [0.15, 0.2) is 23.2 Å². The summed E-state index contributed by atoms with van der Waals surface area (Å²) in [6.45, 7) is 5.88. The van der Waals surface area contributed by atoms with Gasteiger partial charge in [-0.1, -0.05) is 11.6 Å². The third kappa shape index (κ3) is 6.63. The van der Waals surface area contributed by atoms with E-state index in [2.05, 4.69) is 15.6 Å². The topological polar surface area (TPSA) is 98.0 Å². The van der Waals surface area contributed by atoms with Crippen LogP contribution in [0, 0.1) is 5.92 Å². The van der Waals surface area contributed by atoms with Crippen LogP contribution in [0.2, 0.25) is 5.02 Å². The number of methoxy groups -OCH3 is 1. The number of carbonyl (C=O) groups is 1. The molecular weight excluding hydrogens is 356 g/mol. The van der Waals surface area contributed by atoms with Crippen LogP contribution < -0.4 is 21.1 Å². The Bertz CT molecular complexity index is 669. The summed E-state index contributed by atoms with van der Waals surface area (Å²) in [4.78, 5) is 16.3. The largest absolute Gasteiger partial charge is 0.495 e. The summed E-state index contributed by atoms with van der Waals surface area (Å²) in [6.07, 6.45) is 1.70. The van der Waals surface area contributed by atoms with Crippen LogP contribution in [0.1, 0.15) is 33.6 Å². The Kier molecular flexibility index (Phi) is 6.58. The molecule has 1 fully saturated rings. The fraction of sp³-hybridized carbons (Fsp3) is 0.556. The van der Waals surface area contributed by atoms with Gasteiger partial charge in [-0.2, -0.15) is 0 Å². The SMILES string of the molecule is COc1ccc(NC(N)=NCC(NC(=O)OC(C)(C)C)C2CC2)cc1Cl. The van der Waals surface area contributed by atoms with Crippen LogP contribution in [-0.2, 0) is 4.74 Å². The molecule has 0 bridgehead atoms. The molecule has 7 nitrogen and oxygen atoms in total. The number of alkyl carbamates (subject to hydrolysis) is 1. The Balaban J connectivity index is 1.92. The van der Waals surface area contributed by atoms with E-state index in [9.17, 15) is 4.79 Å². The number of nitrogens with zero attached hydrogens (tertiary/aromatic N) is 1. The molecule has 2 rings (SSSR count). The fourth-order valence-corrected chi connectivity index (χ4v) is 2.66. The van der Waals surface area contributed by atoms with Crippen molar-refractivity contribution >= 4 is 29.3 Å². The molecule has 0 aliphatic heterocycles. The molecule has 0 radical (unpaired) electrons. The molecule has 8 heteroatoms. The second-order valence-electron chi connectivity index (χ2n) is 7.29. The van der Waals surface area contributed by atoms with Crippen molar-refractivity contribution in [1.29, 1.82) is 0 Å². The van der Waals surface area contributed by atoms with Gasteiger partial charge in [0.2, 0.25) is 0 Å². The summed E-state index contributed by atoms with van der Waals surface area (Å²) in [5.74, 6) is 1.25. The zero-order chi connectivity index (χ0) is 19.3. The number of aliphatic imine (C=N–C) groups is 1. The van der Waals surface area contributed by atoms with Crippen LogP contribution in [-0.4, -0.2) is 37.4 Å². The van der Waals surface area contributed by atoms with Crippen molar-refractivity contribution in [3.05, 3.63) is 23.2 Å². The molecule has 1 atom stereocenters. The van der Waals surface area contributed by atoms with E-state index in [1.807, 2.05) is 20.8 Å². The van der Waals surface area contributed by atoms with Gasteiger partial charge in [0, 0.05) is 5.69 Å². The van der Waals surface area contributed by atoms with Crippen LogP contribution in [0.4, 0.5) is 10.5 Å². The van der Waals surface area contributed by atoms with Gasteiger partial charge >= 0.3 is 6.09 Å². The molecule has 0 saturated heterocycles. The Hall–Kier alpha value is -2.15.